The quantitative estimate of drug-likeness (QED) is 0.168. The number of rotatable bonds is 3. The fourth-order valence-corrected chi connectivity index (χ4v) is 10.0. The van der Waals surface area contributed by atoms with Crippen molar-refractivity contribution in [2.24, 2.45) is 0 Å². The second-order valence-corrected chi connectivity index (χ2v) is 15.6. The SMILES string of the molecule is c1ccc2c(c1)ccc1sc3ccc(-c4nc(-n5c6ccccc6c6cccnc65)nc5c4ccc4ccc(-n6c7ccccc7c7cccnc76)nc45)cc3c12. The van der Waals surface area contributed by atoms with Gasteiger partial charge in [0.1, 0.15) is 22.6 Å². The van der Waals surface area contributed by atoms with Gasteiger partial charge in [0.25, 0.3) is 0 Å². The summed E-state index contributed by atoms with van der Waals surface area (Å²) in [7, 11) is 0. The predicted octanol–water partition coefficient (Wildman–Crippen LogP) is 12.4. The van der Waals surface area contributed by atoms with Gasteiger partial charge in [-0.1, -0.05) is 78.9 Å². The maximum Gasteiger partial charge on any atom is 0.237 e. The molecule has 13 rings (SSSR count). The third kappa shape index (κ3) is 4.33. The molecule has 8 heteroatoms. The molecule has 0 N–H and O–H groups in total. The molecule has 13 aromatic rings. The first kappa shape index (κ1) is 30.7. The van der Waals surface area contributed by atoms with Gasteiger partial charge >= 0.3 is 0 Å². The summed E-state index contributed by atoms with van der Waals surface area (Å²) >= 11 is 1.83. The lowest BCUT2D eigenvalue weighted by atomic mass is 10.00. The molecule has 6 aromatic carbocycles. The van der Waals surface area contributed by atoms with Gasteiger partial charge in [-0.2, -0.15) is 0 Å². The molecule has 0 radical (unpaired) electrons. The lowest BCUT2D eigenvalue weighted by Gasteiger charge is -2.14. The summed E-state index contributed by atoms with van der Waals surface area (Å²) in [6.45, 7) is 0. The Bertz CT molecular complexity index is 3730. The summed E-state index contributed by atoms with van der Waals surface area (Å²) in [5, 5.41) is 11.3. The fraction of sp³-hybridized carbons (Fsp3) is 0. The zero-order valence-electron chi connectivity index (χ0n) is 30.1. The largest absolute Gasteiger partial charge is 0.278 e. The second kappa shape index (κ2) is 11.5. The highest BCUT2D eigenvalue weighted by molar-refractivity contribution is 7.26. The van der Waals surface area contributed by atoms with Gasteiger partial charge in [0.15, 0.2) is 0 Å². The number of hydrogen-bond donors (Lipinski definition) is 0. The van der Waals surface area contributed by atoms with Gasteiger partial charge in [-0.25, -0.2) is 24.9 Å². The molecule has 0 amide bonds. The third-order valence-electron chi connectivity index (χ3n) is 11.4. The number of fused-ring (bicyclic) bond motifs is 14. The van der Waals surface area contributed by atoms with E-state index in [1.54, 1.807) is 0 Å². The Morgan fingerprint density at radius 3 is 1.88 bits per heavy atom. The van der Waals surface area contributed by atoms with Crippen molar-refractivity contribution in [3.63, 3.8) is 0 Å². The van der Waals surface area contributed by atoms with Gasteiger partial charge < -0.3 is 0 Å². The molecule has 0 aliphatic heterocycles. The number of pyridine rings is 3. The van der Waals surface area contributed by atoms with Crippen LogP contribution >= 0.6 is 11.3 Å². The fourth-order valence-electron chi connectivity index (χ4n) is 8.92. The van der Waals surface area contributed by atoms with Crippen molar-refractivity contribution in [2.75, 3.05) is 0 Å². The van der Waals surface area contributed by atoms with Crippen LogP contribution in [-0.4, -0.2) is 34.1 Å². The molecule has 0 fully saturated rings. The van der Waals surface area contributed by atoms with Crippen LogP contribution in [0.1, 0.15) is 0 Å². The Labute approximate surface area is 327 Å². The lowest BCUT2D eigenvalue weighted by Crippen LogP contribution is -2.05. The Morgan fingerprint density at radius 2 is 1.07 bits per heavy atom. The van der Waals surface area contributed by atoms with Gasteiger partial charge in [0, 0.05) is 70.4 Å². The highest BCUT2D eigenvalue weighted by atomic mass is 32.1. The molecule has 0 aliphatic carbocycles. The molecule has 7 heterocycles. The lowest BCUT2D eigenvalue weighted by molar-refractivity contribution is 0.997. The molecule has 0 spiro atoms. The first-order valence-electron chi connectivity index (χ1n) is 18.9. The Balaban J connectivity index is 1.15. The molecular weight excluding hydrogens is 719 g/mol. The van der Waals surface area contributed by atoms with Crippen molar-refractivity contribution in [1.29, 1.82) is 0 Å². The first-order chi connectivity index (χ1) is 28.3. The third-order valence-corrected chi connectivity index (χ3v) is 12.6. The summed E-state index contributed by atoms with van der Waals surface area (Å²) < 4.78 is 6.77. The Morgan fingerprint density at radius 1 is 0.421 bits per heavy atom. The molecule has 0 unspecified atom stereocenters. The van der Waals surface area contributed by atoms with E-state index < -0.39 is 0 Å². The highest BCUT2D eigenvalue weighted by Crippen LogP contribution is 2.42. The minimum Gasteiger partial charge on any atom is -0.278 e. The summed E-state index contributed by atoms with van der Waals surface area (Å²) in [4.78, 5) is 26.1. The van der Waals surface area contributed by atoms with Gasteiger partial charge in [0.2, 0.25) is 5.95 Å². The maximum absolute atomic E-state index is 5.48. The van der Waals surface area contributed by atoms with E-state index in [4.69, 9.17) is 24.9 Å². The summed E-state index contributed by atoms with van der Waals surface area (Å²) in [5.41, 5.74) is 7.12. The van der Waals surface area contributed by atoms with Crippen LogP contribution in [0, 0.1) is 0 Å². The average molecular weight is 746 g/mol. The molecule has 0 bridgehead atoms. The normalized spacial score (nSPS) is 12.2. The van der Waals surface area contributed by atoms with E-state index >= 15 is 0 Å². The van der Waals surface area contributed by atoms with Crippen molar-refractivity contribution < 1.29 is 0 Å². The van der Waals surface area contributed by atoms with Crippen LogP contribution in [0.25, 0.3) is 120 Å². The Hall–Kier alpha value is -7.55. The van der Waals surface area contributed by atoms with Crippen LogP contribution in [0.3, 0.4) is 0 Å². The Kier molecular flexibility index (Phi) is 6.19. The molecule has 0 saturated heterocycles. The maximum atomic E-state index is 5.48. The van der Waals surface area contributed by atoms with Gasteiger partial charge in [0.05, 0.1) is 22.2 Å². The predicted molar refractivity (Wildman–Crippen MR) is 235 cm³/mol. The zero-order valence-corrected chi connectivity index (χ0v) is 30.9. The van der Waals surface area contributed by atoms with Crippen LogP contribution in [0.2, 0.25) is 0 Å². The summed E-state index contributed by atoms with van der Waals surface area (Å²) in [5.74, 6) is 1.32. The van der Waals surface area contributed by atoms with Crippen molar-refractivity contribution in [2.45, 2.75) is 0 Å². The number of aromatic nitrogens is 7. The molecule has 7 nitrogen and oxygen atoms in total. The standard InChI is InChI=1S/C49H27N7S/c1-2-10-31-28(9-1)18-23-41-43(31)37-27-30(19-22-40(37)57-41)44-36-21-17-29-20-24-42(55-38-15-5-3-11-32(38)34-13-7-25-50-47(34)55)52-45(29)46(36)54-49(53-44)56-39-16-6-4-12-33(39)35-14-8-26-51-48(35)56/h1-27H. The number of nitrogens with zero attached hydrogens (tertiary/aromatic N) is 7. The average Bonchev–Trinajstić information content (AvgIpc) is 3.93. The van der Waals surface area contributed by atoms with Crippen molar-refractivity contribution in [1.82, 2.24) is 34.1 Å². The van der Waals surface area contributed by atoms with Crippen LogP contribution in [0.4, 0.5) is 0 Å². The van der Waals surface area contributed by atoms with E-state index in [-0.39, 0.29) is 0 Å². The molecule has 0 aliphatic rings. The van der Waals surface area contributed by atoms with Crippen LogP contribution in [-0.2, 0) is 0 Å². The summed E-state index contributed by atoms with van der Waals surface area (Å²) in [6, 6.07) is 53.4. The van der Waals surface area contributed by atoms with Crippen molar-refractivity contribution in [3.8, 4) is 23.0 Å². The first-order valence-corrected chi connectivity index (χ1v) is 19.7. The zero-order chi connectivity index (χ0) is 37.2. The molecule has 57 heavy (non-hydrogen) atoms. The molecule has 0 saturated carbocycles. The van der Waals surface area contributed by atoms with E-state index in [2.05, 4.69) is 149 Å². The van der Waals surface area contributed by atoms with Gasteiger partial charge in [-0.05, 0) is 83.6 Å². The molecule has 0 atom stereocenters. The van der Waals surface area contributed by atoms with Gasteiger partial charge in [-0.3, -0.25) is 9.13 Å². The second-order valence-electron chi connectivity index (χ2n) is 14.5. The van der Waals surface area contributed by atoms with Crippen LogP contribution < -0.4 is 0 Å². The number of thiophene rings is 1. The van der Waals surface area contributed by atoms with Gasteiger partial charge in [-0.15, -0.1) is 11.3 Å². The van der Waals surface area contributed by atoms with Crippen molar-refractivity contribution in [3.05, 3.63) is 164 Å². The van der Waals surface area contributed by atoms with Crippen LogP contribution in [0.15, 0.2) is 164 Å². The van der Waals surface area contributed by atoms with E-state index in [1.165, 1.54) is 30.9 Å². The van der Waals surface area contributed by atoms with E-state index in [9.17, 15) is 0 Å². The number of hydrogen-bond acceptors (Lipinski definition) is 6. The van der Waals surface area contributed by atoms with E-state index in [0.29, 0.717) is 5.95 Å². The van der Waals surface area contributed by atoms with Crippen molar-refractivity contribution >= 4 is 108 Å². The monoisotopic (exact) mass is 745 g/mol. The molecule has 7 aromatic heterocycles. The van der Waals surface area contributed by atoms with Crippen LogP contribution in [0.5, 0.6) is 0 Å². The van der Waals surface area contributed by atoms with E-state index in [1.807, 2.05) is 35.9 Å². The minimum atomic E-state index is 0.543. The number of para-hydroxylation sites is 2. The summed E-state index contributed by atoms with van der Waals surface area (Å²) in [6.07, 6.45) is 3.68. The molecule has 264 valence electrons. The smallest absolute Gasteiger partial charge is 0.237 e. The molecular formula is C49H27N7S. The number of benzene rings is 6. The minimum absolute atomic E-state index is 0.543. The van der Waals surface area contributed by atoms with E-state index in [0.717, 1.165) is 82.8 Å². The highest BCUT2D eigenvalue weighted by Gasteiger charge is 2.21. The topological polar surface area (TPSA) is 74.3 Å².